The molecule has 4 aromatic carbocycles. The number of nitriles is 1. The van der Waals surface area contributed by atoms with E-state index in [1.807, 2.05) is 54.6 Å². The predicted octanol–water partition coefficient (Wildman–Crippen LogP) is 8.05. The van der Waals surface area contributed by atoms with E-state index in [0.29, 0.717) is 32.6 Å². The van der Waals surface area contributed by atoms with E-state index in [2.05, 4.69) is 74.4 Å². The summed E-state index contributed by atoms with van der Waals surface area (Å²) in [6.07, 6.45) is 2.47. The third kappa shape index (κ3) is 6.19. The summed E-state index contributed by atoms with van der Waals surface area (Å²) >= 11 is 7.12. The topological polar surface area (TPSA) is 62.1 Å². The van der Waals surface area contributed by atoms with Gasteiger partial charge < -0.3 is 10.1 Å². The second-order valence-corrected chi connectivity index (χ2v) is 9.67. The Kier molecular flexibility index (Phi) is 8.02. The number of carbonyl (C=O) groups excluding carboxylic acids is 1. The van der Waals surface area contributed by atoms with E-state index in [0.717, 1.165) is 17.4 Å². The molecule has 174 valence electrons. The van der Waals surface area contributed by atoms with Gasteiger partial charge in [-0.05, 0) is 102 Å². The molecule has 0 atom stereocenters. The number of nitrogens with zero attached hydrogens (tertiary/aromatic N) is 1. The number of nitrogens with one attached hydrogen (secondary N) is 1. The second-order valence-electron chi connectivity index (χ2n) is 7.96. The Morgan fingerprint density at radius 1 is 0.943 bits per heavy atom. The predicted molar refractivity (Wildman–Crippen MR) is 148 cm³/mol. The number of carbonyl (C=O) groups is 1. The SMILES string of the molecule is CCc1ccc(NC(=O)C(C#N)=Cc2cc(Br)c(OCc3ccc4ccccc4c3)c(Br)c2)cc1. The van der Waals surface area contributed by atoms with Gasteiger partial charge in [0.2, 0.25) is 0 Å². The summed E-state index contributed by atoms with van der Waals surface area (Å²) in [4.78, 5) is 12.6. The molecular weight excluding hydrogens is 568 g/mol. The number of rotatable bonds is 7. The minimum absolute atomic E-state index is 0.00759. The molecule has 0 heterocycles. The van der Waals surface area contributed by atoms with Gasteiger partial charge in [0.25, 0.3) is 5.91 Å². The van der Waals surface area contributed by atoms with Crippen molar-refractivity contribution in [1.82, 2.24) is 0 Å². The van der Waals surface area contributed by atoms with Crippen LogP contribution in [-0.2, 0) is 17.8 Å². The van der Waals surface area contributed by atoms with Crippen LogP contribution in [0.15, 0.2) is 93.4 Å². The molecule has 4 nitrogen and oxygen atoms in total. The van der Waals surface area contributed by atoms with Gasteiger partial charge in [0.05, 0.1) is 8.95 Å². The molecule has 0 saturated heterocycles. The number of fused-ring (bicyclic) bond motifs is 1. The van der Waals surface area contributed by atoms with E-state index in [1.54, 1.807) is 6.08 Å². The van der Waals surface area contributed by atoms with Gasteiger partial charge in [-0.3, -0.25) is 4.79 Å². The molecule has 0 aliphatic rings. The summed E-state index contributed by atoms with van der Waals surface area (Å²) in [6, 6.07) is 27.7. The highest BCUT2D eigenvalue weighted by atomic mass is 79.9. The first-order chi connectivity index (χ1) is 17.0. The molecule has 0 bridgehead atoms. The first kappa shape index (κ1) is 24.7. The number of aryl methyl sites for hydroxylation is 1. The molecule has 0 aromatic heterocycles. The minimum atomic E-state index is -0.458. The number of halogens is 2. The Labute approximate surface area is 221 Å². The van der Waals surface area contributed by atoms with Crippen molar-refractivity contribution in [3.8, 4) is 11.8 Å². The van der Waals surface area contributed by atoms with Crippen LogP contribution in [-0.4, -0.2) is 5.91 Å². The molecule has 0 aliphatic carbocycles. The summed E-state index contributed by atoms with van der Waals surface area (Å²) in [5.74, 6) is 0.190. The number of ether oxygens (including phenoxy) is 1. The molecule has 1 amide bonds. The molecule has 0 saturated carbocycles. The van der Waals surface area contributed by atoms with Crippen molar-refractivity contribution in [2.45, 2.75) is 20.0 Å². The third-order valence-corrected chi connectivity index (χ3v) is 6.69. The Bertz CT molecular complexity index is 1430. The molecule has 0 radical (unpaired) electrons. The molecule has 0 fully saturated rings. The Balaban J connectivity index is 1.48. The van der Waals surface area contributed by atoms with Crippen LogP contribution >= 0.6 is 31.9 Å². The van der Waals surface area contributed by atoms with Crippen LogP contribution in [0.3, 0.4) is 0 Å². The smallest absolute Gasteiger partial charge is 0.266 e. The van der Waals surface area contributed by atoms with Crippen molar-refractivity contribution in [2.24, 2.45) is 0 Å². The summed E-state index contributed by atoms with van der Waals surface area (Å²) in [5, 5.41) is 14.7. The zero-order valence-corrected chi connectivity index (χ0v) is 22.2. The minimum Gasteiger partial charge on any atom is -0.487 e. The van der Waals surface area contributed by atoms with E-state index in [-0.39, 0.29) is 5.57 Å². The van der Waals surface area contributed by atoms with Gasteiger partial charge in [0.1, 0.15) is 24.0 Å². The largest absolute Gasteiger partial charge is 0.487 e. The first-order valence-electron chi connectivity index (χ1n) is 11.1. The number of anilines is 1. The maximum absolute atomic E-state index is 12.6. The van der Waals surface area contributed by atoms with Gasteiger partial charge in [0.15, 0.2) is 0 Å². The summed E-state index contributed by atoms with van der Waals surface area (Å²) in [7, 11) is 0. The van der Waals surface area contributed by atoms with Gasteiger partial charge >= 0.3 is 0 Å². The van der Waals surface area contributed by atoms with E-state index in [1.165, 1.54) is 10.9 Å². The molecule has 4 aromatic rings. The standard InChI is InChI=1S/C29H22Br2N2O2/c1-2-19-8-11-25(12-9-19)33-29(34)24(17-32)14-21-15-26(30)28(27(31)16-21)35-18-20-7-10-22-5-3-4-6-23(22)13-20/h3-16H,2,18H2,1H3,(H,33,34). The van der Waals surface area contributed by atoms with Crippen molar-refractivity contribution in [3.05, 3.63) is 110 Å². The van der Waals surface area contributed by atoms with Crippen LogP contribution in [0.25, 0.3) is 16.8 Å². The van der Waals surface area contributed by atoms with Crippen molar-refractivity contribution in [3.63, 3.8) is 0 Å². The highest BCUT2D eigenvalue weighted by Gasteiger charge is 2.13. The van der Waals surface area contributed by atoms with E-state index < -0.39 is 5.91 Å². The number of benzene rings is 4. The van der Waals surface area contributed by atoms with Crippen LogP contribution in [0.2, 0.25) is 0 Å². The fourth-order valence-electron chi connectivity index (χ4n) is 3.62. The van der Waals surface area contributed by atoms with Gasteiger partial charge in [-0.15, -0.1) is 0 Å². The maximum atomic E-state index is 12.6. The van der Waals surface area contributed by atoms with Crippen LogP contribution < -0.4 is 10.1 Å². The van der Waals surface area contributed by atoms with Gasteiger partial charge in [0, 0.05) is 5.69 Å². The highest BCUT2D eigenvalue weighted by molar-refractivity contribution is 9.11. The molecule has 6 heteroatoms. The van der Waals surface area contributed by atoms with E-state index in [9.17, 15) is 10.1 Å². The Morgan fingerprint density at radius 3 is 2.26 bits per heavy atom. The molecule has 35 heavy (non-hydrogen) atoms. The summed E-state index contributed by atoms with van der Waals surface area (Å²) in [6.45, 7) is 2.47. The van der Waals surface area contributed by atoms with Gasteiger partial charge in [-0.2, -0.15) is 5.26 Å². The average molecular weight is 590 g/mol. The number of hydrogen-bond acceptors (Lipinski definition) is 3. The molecule has 1 N–H and O–H groups in total. The van der Waals surface area contributed by atoms with Crippen molar-refractivity contribution in [2.75, 3.05) is 5.32 Å². The van der Waals surface area contributed by atoms with Crippen LogP contribution in [0.4, 0.5) is 5.69 Å². The van der Waals surface area contributed by atoms with Crippen LogP contribution in [0, 0.1) is 11.3 Å². The van der Waals surface area contributed by atoms with Crippen molar-refractivity contribution < 1.29 is 9.53 Å². The molecule has 0 unspecified atom stereocenters. The number of amides is 1. The fourth-order valence-corrected chi connectivity index (χ4v) is 5.07. The molecule has 0 aliphatic heterocycles. The highest BCUT2D eigenvalue weighted by Crippen LogP contribution is 2.36. The lowest BCUT2D eigenvalue weighted by Crippen LogP contribution is -2.13. The number of hydrogen-bond donors (Lipinski definition) is 1. The fraction of sp³-hybridized carbons (Fsp3) is 0.103. The van der Waals surface area contributed by atoms with E-state index in [4.69, 9.17) is 4.74 Å². The zero-order chi connectivity index (χ0) is 24.8. The first-order valence-corrected chi connectivity index (χ1v) is 12.7. The quantitative estimate of drug-likeness (QED) is 0.175. The lowest BCUT2D eigenvalue weighted by atomic mass is 10.1. The monoisotopic (exact) mass is 588 g/mol. The summed E-state index contributed by atoms with van der Waals surface area (Å²) < 4.78 is 7.50. The van der Waals surface area contributed by atoms with Gasteiger partial charge in [-0.1, -0.05) is 55.5 Å². The normalized spacial score (nSPS) is 11.2. The molecular formula is C29H22Br2N2O2. The van der Waals surface area contributed by atoms with Gasteiger partial charge in [-0.25, -0.2) is 0 Å². The zero-order valence-electron chi connectivity index (χ0n) is 19.0. The van der Waals surface area contributed by atoms with Crippen LogP contribution in [0.1, 0.15) is 23.6 Å². The Morgan fingerprint density at radius 2 is 1.60 bits per heavy atom. The molecule has 0 spiro atoms. The van der Waals surface area contributed by atoms with E-state index >= 15 is 0 Å². The van der Waals surface area contributed by atoms with Crippen molar-refractivity contribution in [1.29, 1.82) is 5.26 Å². The van der Waals surface area contributed by atoms with Crippen molar-refractivity contribution >= 4 is 60.3 Å². The van der Waals surface area contributed by atoms with Crippen LogP contribution in [0.5, 0.6) is 5.75 Å². The average Bonchev–Trinajstić information content (AvgIpc) is 2.87. The Hall–Kier alpha value is -3.40. The maximum Gasteiger partial charge on any atom is 0.266 e. The third-order valence-electron chi connectivity index (χ3n) is 5.51. The summed E-state index contributed by atoms with van der Waals surface area (Å²) in [5.41, 5.74) is 3.58. The molecule has 4 rings (SSSR count). The lowest BCUT2D eigenvalue weighted by Gasteiger charge is -2.12. The lowest BCUT2D eigenvalue weighted by molar-refractivity contribution is -0.112. The second kappa shape index (κ2) is 11.4.